The Bertz CT molecular complexity index is 391. The van der Waals surface area contributed by atoms with E-state index in [1.54, 1.807) is 0 Å². The van der Waals surface area contributed by atoms with E-state index in [0.29, 0.717) is 0 Å². The van der Waals surface area contributed by atoms with Gasteiger partial charge in [-0.2, -0.15) is 0 Å². The first kappa shape index (κ1) is 10.7. The molecule has 0 amide bonds. The van der Waals surface area contributed by atoms with Crippen molar-refractivity contribution < 1.29 is 0 Å². The number of benzene rings is 2. The molecule has 0 saturated carbocycles. The molecule has 2 aromatic rings. The van der Waals surface area contributed by atoms with Crippen molar-refractivity contribution in [3.8, 4) is 0 Å². The highest BCUT2D eigenvalue weighted by Gasteiger charge is 1.97. The Kier molecular flexibility index (Phi) is 3.47. The van der Waals surface area contributed by atoms with E-state index in [-0.39, 0.29) is 9.52 Å². The van der Waals surface area contributed by atoms with Crippen molar-refractivity contribution in [2.45, 2.75) is 0 Å². The van der Waals surface area contributed by atoms with Gasteiger partial charge in [-0.25, -0.2) is 0 Å². The molecule has 0 spiro atoms. The van der Waals surface area contributed by atoms with Crippen LogP contribution in [0.2, 0.25) is 10.0 Å². The first-order valence-corrected chi connectivity index (χ1v) is 6.90. The summed E-state index contributed by atoms with van der Waals surface area (Å²) < 4.78 is 0. The van der Waals surface area contributed by atoms with Crippen molar-refractivity contribution in [2.24, 2.45) is 0 Å². The molecule has 3 heteroatoms. The predicted molar refractivity (Wildman–Crippen MR) is 70.7 cm³/mol. The van der Waals surface area contributed by atoms with Crippen LogP contribution < -0.4 is 10.4 Å². The van der Waals surface area contributed by atoms with E-state index in [4.69, 9.17) is 23.2 Å². The van der Waals surface area contributed by atoms with Crippen LogP contribution in [0, 0.1) is 0 Å². The first-order valence-electron chi connectivity index (χ1n) is 4.73. The highest BCUT2D eigenvalue weighted by Crippen LogP contribution is 2.04. The summed E-state index contributed by atoms with van der Waals surface area (Å²) >= 11 is 11.7. The maximum absolute atomic E-state index is 5.83. The third-order valence-corrected chi connectivity index (χ3v) is 4.50. The average Bonchev–Trinajstić information content (AvgIpc) is 2.25. The monoisotopic (exact) mass is 252 g/mol. The summed E-state index contributed by atoms with van der Waals surface area (Å²) in [5.41, 5.74) is 0. The van der Waals surface area contributed by atoms with Crippen molar-refractivity contribution in [1.82, 2.24) is 0 Å². The lowest BCUT2D eigenvalue weighted by atomic mass is 10.4. The van der Waals surface area contributed by atoms with E-state index in [1.165, 1.54) is 10.4 Å². The molecule has 0 aliphatic heterocycles. The van der Waals surface area contributed by atoms with Gasteiger partial charge in [0.1, 0.15) is 0 Å². The molecule has 0 atom stereocenters. The molecule has 15 heavy (non-hydrogen) atoms. The van der Waals surface area contributed by atoms with Crippen LogP contribution in [0.3, 0.4) is 0 Å². The zero-order chi connectivity index (χ0) is 10.7. The van der Waals surface area contributed by atoms with Crippen molar-refractivity contribution in [1.29, 1.82) is 0 Å². The fourth-order valence-electron chi connectivity index (χ4n) is 1.44. The van der Waals surface area contributed by atoms with Gasteiger partial charge in [0.25, 0.3) is 0 Å². The molecule has 0 fully saturated rings. The van der Waals surface area contributed by atoms with Crippen LogP contribution in [0.5, 0.6) is 0 Å². The molecular formula is C12H10Cl2Si. The second-order valence-electron chi connectivity index (χ2n) is 3.43. The Hall–Kier alpha value is -0.763. The summed E-state index contributed by atoms with van der Waals surface area (Å²) in [5, 5.41) is 4.37. The molecule has 0 radical (unpaired) electrons. The number of rotatable bonds is 2. The highest BCUT2D eigenvalue weighted by atomic mass is 35.5. The Balaban J connectivity index is 2.15. The van der Waals surface area contributed by atoms with Crippen LogP contribution in [0.25, 0.3) is 0 Å². The van der Waals surface area contributed by atoms with Crippen molar-refractivity contribution in [3.63, 3.8) is 0 Å². The zero-order valence-corrected chi connectivity index (χ0v) is 11.0. The lowest BCUT2D eigenvalue weighted by Crippen LogP contribution is -2.26. The summed E-state index contributed by atoms with van der Waals surface area (Å²) in [5.74, 6) is 0. The van der Waals surface area contributed by atoms with E-state index >= 15 is 0 Å². The Labute approximate surface area is 102 Å². The van der Waals surface area contributed by atoms with E-state index in [2.05, 4.69) is 24.3 Å². The van der Waals surface area contributed by atoms with Gasteiger partial charge in [0.2, 0.25) is 0 Å². The number of hydrogen-bond acceptors (Lipinski definition) is 0. The highest BCUT2D eigenvalue weighted by molar-refractivity contribution is 6.67. The maximum atomic E-state index is 5.83. The second kappa shape index (κ2) is 4.84. The summed E-state index contributed by atoms with van der Waals surface area (Å²) in [6, 6.07) is 16.2. The van der Waals surface area contributed by atoms with Crippen LogP contribution in [0.15, 0.2) is 48.5 Å². The minimum absolute atomic E-state index is 0.383. The third kappa shape index (κ3) is 3.10. The lowest BCUT2D eigenvalue weighted by molar-refractivity contribution is 1.74. The molecule has 76 valence electrons. The zero-order valence-electron chi connectivity index (χ0n) is 8.08. The maximum Gasteiger partial charge on any atom is 0.0875 e. The number of hydrogen-bond donors (Lipinski definition) is 0. The van der Waals surface area contributed by atoms with Crippen LogP contribution in [0.1, 0.15) is 0 Å². The van der Waals surface area contributed by atoms with Crippen molar-refractivity contribution >= 4 is 43.1 Å². The number of halogens is 2. The Morgan fingerprint density at radius 2 is 0.933 bits per heavy atom. The van der Waals surface area contributed by atoms with Crippen LogP contribution in [-0.2, 0) is 0 Å². The summed E-state index contributed by atoms with van der Waals surface area (Å²) in [7, 11) is -0.383. The molecule has 0 aromatic heterocycles. The topological polar surface area (TPSA) is 0 Å². The van der Waals surface area contributed by atoms with E-state index < -0.39 is 0 Å². The Morgan fingerprint density at radius 1 is 0.600 bits per heavy atom. The van der Waals surface area contributed by atoms with Crippen LogP contribution in [0.4, 0.5) is 0 Å². The van der Waals surface area contributed by atoms with Crippen LogP contribution in [-0.4, -0.2) is 9.52 Å². The molecular weight excluding hydrogens is 243 g/mol. The Morgan fingerprint density at radius 3 is 1.27 bits per heavy atom. The molecule has 0 heterocycles. The van der Waals surface area contributed by atoms with E-state index in [9.17, 15) is 0 Å². The van der Waals surface area contributed by atoms with E-state index in [0.717, 1.165) is 10.0 Å². The van der Waals surface area contributed by atoms with Gasteiger partial charge in [-0.3, -0.25) is 0 Å². The largest absolute Gasteiger partial charge is 0.0875 e. The molecule has 0 nitrogen and oxygen atoms in total. The fourth-order valence-corrected chi connectivity index (χ4v) is 3.11. The minimum atomic E-state index is -0.383. The molecule has 0 N–H and O–H groups in total. The van der Waals surface area contributed by atoms with Crippen molar-refractivity contribution in [3.05, 3.63) is 58.6 Å². The fraction of sp³-hybridized carbons (Fsp3) is 0. The molecule has 0 aliphatic rings. The van der Waals surface area contributed by atoms with Gasteiger partial charge in [0.15, 0.2) is 0 Å². The molecule has 0 unspecified atom stereocenters. The van der Waals surface area contributed by atoms with Gasteiger partial charge in [-0.15, -0.1) is 0 Å². The molecule has 2 rings (SSSR count). The van der Waals surface area contributed by atoms with Gasteiger partial charge in [0, 0.05) is 10.0 Å². The molecule has 0 saturated heterocycles. The van der Waals surface area contributed by atoms with Gasteiger partial charge in [0.05, 0.1) is 9.52 Å². The van der Waals surface area contributed by atoms with Gasteiger partial charge in [-0.1, -0.05) is 57.8 Å². The van der Waals surface area contributed by atoms with Gasteiger partial charge in [-0.05, 0) is 24.3 Å². The minimum Gasteiger partial charge on any atom is -0.0843 e. The van der Waals surface area contributed by atoms with Crippen molar-refractivity contribution in [2.75, 3.05) is 0 Å². The standard InChI is InChI=1S/C12H10Cl2Si/c13-9-1-5-11(6-2-9)15-12-7-3-10(14)4-8-12/h1-8H,15H2. The summed E-state index contributed by atoms with van der Waals surface area (Å²) in [6.07, 6.45) is 0. The lowest BCUT2D eigenvalue weighted by Gasteiger charge is -2.01. The van der Waals surface area contributed by atoms with E-state index in [1.807, 2.05) is 24.3 Å². The SMILES string of the molecule is Clc1ccc([SiH2]c2ccc(Cl)cc2)cc1. The normalized spacial score (nSPS) is 10.3. The van der Waals surface area contributed by atoms with Gasteiger partial charge >= 0.3 is 0 Å². The second-order valence-corrected chi connectivity index (χ2v) is 6.29. The van der Waals surface area contributed by atoms with Crippen LogP contribution >= 0.6 is 23.2 Å². The third-order valence-electron chi connectivity index (χ3n) is 2.23. The predicted octanol–water partition coefficient (Wildman–Crippen LogP) is 2.11. The first-order chi connectivity index (χ1) is 7.24. The summed E-state index contributed by atoms with van der Waals surface area (Å²) in [4.78, 5) is 0. The quantitative estimate of drug-likeness (QED) is 0.719. The smallest absolute Gasteiger partial charge is 0.0843 e. The molecule has 0 bridgehead atoms. The molecule has 0 aliphatic carbocycles. The van der Waals surface area contributed by atoms with Gasteiger partial charge < -0.3 is 0 Å². The molecule has 2 aromatic carbocycles. The average molecular weight is 253 g/mol. The summed E-state index contributed by atoms with van der Waals surface area (Å²) in [6.45, 7) is 0.